The van der Waals surface area contributed by atoms with Crippen LogP contribution in [0.5, 0.6) is 0 Å². The number of fused-ring (bicyclic) bond motifs is 3. The molecular weight excluding hydrogens is 276 g/mol. The summed E-state index contributed by atoms with van der Waals surface area (Å²) in [7, 11) is 0. The molecule has 5 heteroatoms. The quantitative estimate of drug-likeness (QED) is 0.630. The van der Waals surface area contributed by atoms with E-state index in [0.717, 1.165) is 17.3 Å². The summed E-state index contributed by atoms with van der Waals surface area (Å²) >= 11 is 0. The minimum Gasteiger partial charge on any atom is -0.305 e. The third-order valence-electron chi connectivity index (χ3n) is 3.73. The fourth-order valence-electron chi connectivity index (χ4n) is 2.63. The highest BCUT2D eigenvalue weighted by atomic mass is 16.1. The molecule has 0 amide bonds. The van der Waals surface area contributed by atoms with Crippen molar-refractivity contribution in [2.45, 2.75) is 12.8 Å². The van der Waals surface area contributed by atoms with E-state index < -0.39 is 0 Å². The summed E-state index contributed by atoms with van der Waals surface area (Å²) in [6, 6.07) is 17.8. The number of benzene rings is 2. The van der Waals surface area contributed by atoms with Gasteiger partial charge in [-0.15, -0.1) is 5.10 Å². The summed E-state index contributed by atoms with van der Waals surface area (Å²) in [6.07, 6.45) is 1.56. The number of aryl methyl sites for hydroxylation is 2. The van der Waals surface area contributed by atoms with E-state index in [1.165, 1.54) is 10.1 Å². The van der Waals surface area contributed by atoms with E-state index >= 15 is 0 Å². The molecule has 0 aliphatic heterocycles. The second-order valence-corrected chi connectivity index (χ2v) is 5.22. The van der Waals surface area contributed by atoms with E-state index in [2.05, 4.69) is 27.2 Å². The van der Waals surface area contributed by atoms with Crippen molar-refractivity contribution >= 4 is 16.6 Å². The number of hydrogen-bond acceptors (Lipinski definition) is 3. The molecule has 0 spiro atoms. The third kappa shape index (κ3) is 2.16. The minimum atomic E-state index is -0.257. The van der Waals surface area contributed by atoms with Crippen LogP contribution in [0.1, 0.15) is 11.4 Å². The fraction of sp³-hybridized carbons (Fsp3) is 0.118. The molecule has 1 N–H and O–H groups in total. The summed E-state index contributed by atoms with van der Waals surface area (Å²) in [5, 5.41) is 5.24. The van der Waals surface area contributed by atoms with Crippen LogP contribution < -0.4 is 5.69 Å². The van der Waals surface area contributed by atoms with Gasteiger partial charge in [0.1, 0.15) is 0 Å². The van der Waals surface area contributed by atoms with Crippen LogP contribution in [0, 0.1) is 0 Å². The monoisotopic (exact) mass is 290 g/mol. The number of aromatic amines is 1. The first kappa shape index (κ1) is 12.8. The topological polar surface area (TPSA) is 63.0 Å². The van der Waals surface area contributed by atoms with Gasteiger partial charge in [0.2, 0.25) is 0 Å². The first-order valence-corrected chi connectivity index (χ1v) is 7.22. The number of nitrogens with one attached hydrogen (secondary N) is 1. The second kappa shape index (κ2) is 5.11. The third-order valence-corrected chi connectivity index (χ3v) is 3.73. The van der Waals surface area contributed by atoms with Gasteiger partial charge in [0.15, 0.2) is 11.5 Å². The number of rotatable bonds is 3. The van der Waals surface area contributed by atoms with Crippen molar-refractivity contribution in [3.8, 4) is 0 Å². The van der Waals surface area contributed by atoms with E-state index in [-0.39, 0.29) is 5.69 Å². The van der Waals surface area contributed by atoms with Gasteiger partial charge in [-0.3, -0.25) is 0 Å². The lowest BCUT2D eigenvalue weighted by Gasteiger charge is -1.97. The normalized spacial score (nSPS) is 11.3. The molecule has 4 rings (SSSR count). The van der Waals surface area contributed by atoms with Gasteiger partial charge in [-0.25, -0.2) is 9.78 Å². The largest absolute Gasteiger partial charge is 0.348 e. The molecule has 4 aromatic rings. The second-order valence-electron chi connectivity index (χ2n) is 5.22. The number of hydrogen-bond donors (Lipinski definition) is 1. The molecule has 0 saturated carbocycles. The van der Waals surface area contributed by atoms with Gasteiger partial charge >= 0.3 is 5.69 Å². The Morgan fingerprint density at radius 3 is 2.59 bits per heavy atom. The minimum absolute atomic E-state index is 0.257. The summed E-state index contributed by atoms with van der Waals surface area (Å²) in [4.78, 5) is 19.5. The summed E-state index contributed by atoms with van der Waals surface area (Å²) in [5.41, 5.74) is 2.37. The van der Waals surface area contributed by atoms with Crippen molar-refractivity contribution in [3.63, 3.8) is 0 Å². The highest BCUT2D eigenvalue weighted by Crippen LogP contribution is 2.14. The molecule has 0 radical (unpaired) electrons. The lowest BCUT2D eigenvalue weighted by atomic mass is 10.1. The van der Waals surface area contributed by atoms with Crippen molar-refractivity contribution in [1.29, 1.82) is 0 Å². The Morgan fingerprint density at radius 2 is 1.73 bits per heavy atom. The van der Waals surface area contributed by atoms with Crippen molar-refractivity contribution in [3.05, 3.63) is 76.5 Å². The summed E-state index contributed by atoms with van der Waals surface area (Å²) in [5.74, 6) is 0.686. The van der Waals surface area contributed by atoms with Crippen LogP contribution in [-0.4, -0.2) is 19.6 Å². The standard InChI is InChI=1S/C17H14N4O/c22-17-18-14-9-5-4-8-13(14)16-19-15(20-21(16)17)11-10-12-6-2-1-3-7-12/h1-9H,10-11H2,(H,18,22). The predicted molar refractivity (Wildman–Crippen MR) is 85.0 cm³/mol. The van der Waals surface area contributed by atoms with Crippen LogP contribution in [0.4, 0.5) is 0 Å². The average Bonchev–Trinajstić information content (AvgIpc) is 2.99. The zero-order valence-corrected chi connectivity index (χ0v) is 11.9. The van der Waals surface area contributed by atoms with E-state index in [1.807, 2.05) is 42.5 Å². The number of aromatic nitrogens is 4. The zero-order chi connectivity index (χ0) is 14.9. The number of para-hydroxylation sites is 1. The Labute approximate surface area is 126 Å². The van der Waals surface area contributed by atoms with Gasteiger partial charge in [-0.2, -0.15) is 4.52 Å². The molecule has 0 aliphatic rings. The summed E-state index contributed by atoms with van der Waals surface area (Å²) in [6.45, 7) is 0. The predicted octanol–water partition coefficient (Wildman–Crippen LogP) is 2.36. The Kier molecular flexibility index (Phi) is 2.96. The van der Waals surface area contributed by atoms with E-state index in [1.54, 1.807) is 0 Å². The molecule has 2 aromatic heterocycles. The Bertz CT molecular complexity index is 1000. The maximum Gasteiger partial charge on any atom is 0.348 e. The Hall–Kier alpha value is -2.95. The van der Waals surface area contributed by atoms with Crippen LogP contribution in [0.3, 0.4) is 0 Å². The average molecular weight is 290 g/mol. The smallest absolute Gasteiger partial charge is 0.305 e. The highest BCUT2D eigenvalue weighted by molar-refractivity contribution is 5.90. The number of H-pyrrole nitrogens is 1. The molecule has 2 heterocycles. The molecule has 0 atom stereocenters. The van der Waals surface area contributed by atoms with Crippen LogP contribution in [0.25, 0.3) is 16.6 Å². The molecule has 0 fully saturated rings. The van der Waals surface area contributed by atoms with Gasteiger partial charge < -0.3 is 4.98 Å². The summed E-state index contributed by atoms with van der Waals surface area (Å²) < 4.78 is 1.35. The molecule has 0 unspecified atom stereocenters. The molecule has 2 aromatic carbocycles. The van der Waals surface area contributed by atoms with Crippen molar-refractivity contribution in [2.75, 3.05) is 0 Å². The first-order valence-electron chi connectivity index (χ1n) is 7.22. The molecule has 22 heavy (non-hydrogen) atoms. The van der Waals surface area contributed by atoms with E-state index in [4.69, 9.17) is 0 Å². The van der Waals surface area contributed by atoms with Crippen molar-refractivity contribution in [2.24, 2.45) is 0 Å². The van der Waals surface area contributed by atoms with Gasteiger partial charge in [0, 0.05) is 11.8 Å². The van der Waals surface area contributed by atoms with E-state index in [9.17, 15) is 4.79 Å². The lowest BCUT2D eigenvalue weighted by Crippen LogP contribution is -2.17. The van der Waals surface area contributed by atoms with Crippen LogP contribution in [0.15, 0.2) is 59.4 Å². The van der Waals surface area contributed by atoms with Gasteiger partial charge in [0.25, 0.3) is 0 Å². The zero-order valence-electron chi connectivity index (χ0n) is 11.9. The maximum absolute atomic E-state index is 12.1. The number of nitrogens with zero attached hydrogens (tertiary/aromatic N) is 3. The Balaban J connectivity index is 1.75. The van der Waals surface area contributed by atoms with Crippen molar-refractivity contribution < 1.29 is 0 Å². The van der Waals surface area contributed by atoms with Crippen molar-refractivity contribution in [1.82, 2.24) is 19.6 Å². The van der Waals surface area contributed by atoms with Gasteiger partial charge in [-0.1, -0.05) is 42.5 Å². The highest BCUT2D eigenvalue weighted by Gasteiger charge is 2.10. The molecule has 0 bridgehead atoms. The SMILES string of the molecule is O=c1[nH]c2ccccc2c2nc(CCc3ccccc3)nn12. The van der Waals surface area contributed by atoms with Crippen LogP contribution in [0.2, 0.25) is 0 Å². The maximum atomic E-state index is 12.1. The van der Waals surface area contributed by atoms with Crippen LogP contribution >= 0.6 is 0 Å². The molecular formula is C17H14N4O. The molecule has 0 aliphatic carbocycles. The lowest BCUT2D eigenvalue weighted by molar-refractivity contribution is 0.810. The molecule has 5 nitrogen and oxygen atoms in total. The molecule has 108 valence electrons. The van der Waals surface area contributed by atoms with Gasteiger partial charge in [-0.05, 0) is 24.1 Å². The fourth-order valence-corrected chi connectivity index (χ4v) is 2.63. The van der Waals surface area contributed by atoms with E-state index in [0.29, 0.717) is 17.9 Å². The first-order chi connectivity index (χ1) is 10.8. The van der Waals surface area contributed by atoms with Gasteiger partial charge in [0.05, 0.1) is 5.52 Å². The van der Waals surface area contributed by atoms with Crippen LogP contribution in [-0.2, 0) is 12.8 Å². The molecule has 0 saturated heterocycles. The Morgan fingerprint density at radius 1 is 0.955 bits per heavy atom.